The van der Waals surface area contributed by atoms with E-state index in [1.165, 1.54) is 0 Å². The highest BCUT2D eigenvalue weighted by Crippen LogP contribution is 2.26. The van der Waals surface area contributed by atoms with Crippen molar-refractivity contribution in [2.75, 3.05) is 29.6 Å². The molecule has 0 unspecified atom stereocenters. The molecule has 0 aliphatic carbocycles. The Hall–Kier alpha value is -1.23. The van der Waals surface area contributed by atoms with E-state index < -0.39 is 0 Å². The molecule has 0 aliphatic rings. The third kappa shape index (κ3) is 4.26. The number of anilines is 1. The van der Waals surface area contributed by atoms with Crippen molar-refractivity contribution in [3.8, 4) is 18.4 Å². The first kappa shape index (κ1) is 13.8. The minimum atomic E-state index is 0.724. The Labute approximate surface area is 111 Å². The molecular formula is C13H14N2S2. The normalized spacial score (nSPS) is 9.35. The van der Waals surface area contributed by atoms with E-state index in [9.17, 15) is 0 Å². The average molecular weight is 262 g/mol. The van der Waals surface area contributed by atoms with E-state index in [2.05, 4.69) is 17.3 Å². The zero-order valence-corrected chi connectivity index (χ0v) is 11.3. The van der Waals surface area contributed by atoms with Gasteiger partial charge in [-0.3, -0.25) is 0 Å². The van der Waals surface area contributed by atoms with Gasteiger partial charge in [0.15, 0.2) is 0 Å². The summed E-state index contributed by atoms with van der Waals surface area (Å²) in [4.78, 5) is 1.01. The number of nitriles is 1. The highest BCUT2D eigenvalue weighted by Gasteiger charge is 2.06. The molecule has 0 fully saturated rings. The van der Waals surface area contributed by atoms with Crippen LogP contribution in [0.1, 0.15) is 5.56 Å². The van der Waals surface area contributed by atoms with E-state index in [1.807, 2.05) is 24.5 Å². The molecule has 2 nitrogen and oxygen atoms in total. The molecule has 4 heteroatoms. The van der Waals surface area contributed by atoms with Crippen LogP contribution in [-0.2, 0) is 0 Å². The zero-order chi connectivity index (χ0) is 12.5. The standard InChI is InChI=1S/C13H14N2S2/c1-3-8-17-9-7-15-12-5-4-6-13(16-2)11(12)10-14/h1,4-6,15H,7-9H2,2H3. The van der Waals surface area contributed by atoms with Crippen LogP contribution in [0, 0.1) is 23.7 Å². The van der Waals surface area contributed by atoms with Gasteiger partial charge in [0.2, 0.25) is 0 Å². The van der Waals surface area contributed by atoms with Crippen LogP contribution in [0.25, 0.3) is 0 Å². The molecule has 0 saturated carbocycles. The molecule has 0 bridgehead atoms. The molecule has 0 saturated heterocycles. The van der Waals surface area contributed by atoms with Crippen molar-refractivity contribution in [1.82, 2.24) is 0 Å². The van der Waals surface area contributed by atoms with Crippen molar-refractivity contribution in [2.45, 2.75) is 4.90 Å². The monoisotopic (exact) mass is 262 g/mol. The molecule has 0 aromatic heterocycles. The van der Waals surface area contributed by atoms with E-state index in [0.29, 0.717) is 0 Å². The van der Waals surface area contributed by atoms with Crippen molar-refractivity contribution in [3.63, 3.8) is 0 Å². The summed E-state index contributed by atoms with van der Waals surface area (Å²) in [7, 11) is 0. The number of rotatable bonds is 6. The van der Waals surface area contributed by atoms with Gasteiger partial charge in [-0.25, -0.2) is 0 Å². The molecule has 88 valence electrons. The number of hydrogen-bond acceptors (Lipinski definition) is 4. The minimum Gasteiger partial charge on any atom is -0.383 e. The van der Waals surface area contributed by atoms with Crippen LogP contribution >= 0.6 is 23.5 Å². The summed E-state index contributed by atoms with van der Waals surface area (Å²) in [6, 6.07) is 8.10. The van der Waals surface area contributed by atoms with Crippen LogP contribution in [0.15, 0.2) is 23.1 Å². The van der Waals surface area contributed by atoms with Gasteiger partial charge in [-0.05, 0) is 18.4 Å². The number of nitrogens with one attached hydrogen (secondary N) is 1. The summed E-state index contributed by atoms with van der Waals surface area (Å²) < 4.78 is 0. The minimum absolute atomic E-state index is 0.724. The van der Waals surface area contributed by atoms with Crippen LogP contribution in [0.2, 0.25) is 0 Å². The molecule has 0 heterocycles. The molecule has 0 aliphatic heterocycles. The summed E-state index contributed by atoms with van der Waals surface area (Å²) in [5.41, 5.74) is 1.63. The summed E-state index contributed by atoms with van der Waals surface area (Å²) in [6.45, 7) is 0.818. The molecule has 0 radical (unpaired) electrons. The second kappa shape index (κ2) is 7.95. The van der Waals surface area contributed by atoms with Gasteiger partial charge < -0.3 is 5.32 Å². The van der Waals surface area contributed by atoms with E-state index in [4.69, 9.17) is 11.7 Å². The quantitative estimate of drug-likeness (QED) is 0.485. The molecule has 17 heavy (non-hydrogen) atoms. The predicted molar refractivity (Wildman–Crippen MR) is 77.6 cm³/mol. The fraction of sp³-hybridized carbons (Fsp3) is 0.308. The molecule has 0 atom stereocenters. The van der Waals surface area contributed by atoms with Crippen molar-refractivity contribution in [3.05, 3.63) is 23.8 Å². The van der Waals surface area contributed by atoms with Gasteiger partial charge in [-0.15, -0.1) is 29.9 Å². The van der Waals surface area contributed by atoms with E-state index in [1.54, 1.807) is 23.5 Å². The van der Waals surface area contributed by atoms with Gasteiger partial charge in [0.05, 0.1) is 17.0 Å². The van der Waals surface area contributed by atoms with Crippen LogP contribution in [-0.4, -0.2) is 24.3 Å². The number of benzene rings is 1. The topological polar surface area (TPSA) is 35.8 Å². The molecule has 1 aromatic rings. The predicted octanol–water partition coefficient (Wildman–Crippen LogP) is 3.06. The van der Waals surface area contributed by atoms with E-state index in [0.717, 1.165) is 34.2 Å². The lowest BCUT2D eigenvalue weighted by atomic mass is 10.2. The summed E-state index contributed by atoms with van der Waals surface area (Å²) in [5.74, 6) is 4.26. The molecular weight excluding hydrogens is 248 g/mol. The fourth-order valence-electron chi connectivity index (χ4n) is 1.35. The van der Waals surface area contributed by atoms with Crippen molar-refractivity contribution >= 4 is 29.2 Å². The maximum atomic E-state index is 9.14. The van der Waals surface area contributed by atoms with Crippen LogP contribution in [0.4, 0.5) is 5.69 Å². The smallest absolute Gasteiger partial charge is 0.102 e. The maximum Gasteiger partial charge on any atom is 0.102 e. The lowest BCUT2D eigenvalue weighted by Gasteiger charge is -2.09. The third-order valence-electron chi connectivity index (χ3n) is 2.11. The summed E-state index contributed by atoms with van der Waals surface area (Å²) in [6.07, 6.45) is 7.14. The van der Waals surface area contributed by atoms with Gasteiger partial charge in [-0.1, -0.05) is 12.0 Å². The second-order valence-corrected chi connectivity index (χ2v) is 5.13. The Kier molecular flexibility index (Phi) is 6.47. The third-order valence-corrected chi connectivity index (χ3v) is 3.75. The Morgan fingerprint density at radius 3 is 2.94 bits per heavy atom. The molecule has 0 amide bonds. The fourth-order valence-corrected chi connectivity index (χ4v) is 2.44. The van der Waals surface area contributed by atoms with Crippen LogP contribution < -0.4 is 5.32 Å². The zero-order valence-electron chi connectivity index (χ0n) is 9.69. The molecule has 1 N–H and O–H groups in total. The van der Waals surface area contributed by atoms with Crippen molar-refractivity contribution in [1.29, 1.82) is 5.26 Å². The van der Waals surface area contributed by atoms with Gasteiger partial charge in [-0.2, -0.15) is 5.26 Å². The van der Waals surface area contributed by atoms with Crippen LogP contribution in [0.5, 0.6) is 0 Å². The largest absolute Gasteiger partial charge is 0.383 e. The van der Waals surface area contributed by atoms with Gasteiger partial charge >= 0.3 is 0 Å². The number of thioether (sulfide) groups is 2. The first-order valence-electron chi connectivity index (χ1n) is 5.15. The molecule has 1 rings (SSSR count). The molecule has 0 spiro atoms. The lowest BCUT2D eigenvalue weighted by Crippen LogP contribution is -2.06. The lowest BCUT2D eigenvalue weighted by molar-refractivity contribution is 1.21. The summed E-state index contributed by atoms with van der Waals surface area (Å²) >= 11 is 3.30. The number of terminal acetylenes is 1. The number of nitrogens with zero attached hydrogens (tertiary/aromatic N) is 1. The Balaban J connectivity index is 2.59. The SMILES string of the molecule is C#CCSCCNc1cccc(SC)c1C#N. The van der Waals surface area contributed by atoms with Gasteiger partial charge in [0.1, 0.15) is 6.07 Å². The Bertz CT molecular complexity index is 444. The first-order valence-corrected chi connectivity index (χ1v) is 7.53. The Morgan fingerprint density at radius 2 is 2.29 bits per heavy atom. The highest BCUT2D eigenvalue weighted by atomic mass is 32.2. The highest BCUT2D eigenvalue weighted by molar-refractivity contribution is 7.99. The van der Waals surface area contributed by atoms with Gasteiger partial charge in [0.25, 0.3) is 0 Å². The van der Waals surface area contributed by atoms with E-state index in [-0.39, 0.29) is 0 Å². The van der Waals surface area contributed by atoms with Crippen molar-refractivity contribution in [2.24, 2.45) is 0 Å². The first-order chi connectivity index (χ1) is 8.33. The van der Waals surface area contributed by atoms with Crippen molar-refractivity contribution < 1.29 is 0 Å². The second-order valence-electron chi connectivity index (χ2n) is 3.18. The van der Waals surface area contributed by atoms with E-state index >= 15 is 0 Å². The van der Waals surface area contributed by atoms with Crippen LogP contribution in [0.3, 0.4) is 0 Å². The van der Waals surface area contributed by atoms with Gasteiger partial charge in [0, 0.05) is 17.2 Å². The molecule has 1 aromatic carbocycles. The number of hydrogen-bond donors (Lipinski definition) is 1. The summed E-state index contributed by atoms with van der Waals surface area (Å²) in [5, 5.41) is 12.4. The Morgan fingerprint density at radius 1 is 1.47 bits per heavy atom. The maximum absolute atomic E-state index is 9.14. The average Bonchev–Trinajstić information content (AvgIpc) is 2.38.